The van der Waals surface area contributed by atoms with Crippen LogP contribution in [0.2, 0.25) is 0 Å². The number of nitrogens with one attached hydrogen (secondary N) is 2. The van der Waals surface area contributed by atoms with E-state index in [1.54, 1.807) is 25.1 Å². The highest BCUT2D eigenvalue weighted by Crippen LogP contribution is 2.33. The summed E-state index contributed by atoms with van der Waals surface area (Å²) >= 11 is 0. The highest BCUT2D eigenvalue weighted by molar-refractivity contribution is 7.89. The molecule has 0 aliphatic carbocycles. The van der Waals surface area contributed by atoms with Gasteiger partial charge in [-0.15, -0.1) is 0 Å². The Morgan fingerprint density at radius 3 is 2.76 bits per heavy atom. The van der Waals surface area contributed by atoms with E-state index in [1.165, 1.54) is 24.3 Å². The van der Waals surface area contributed by atoms with Crippen molar-refractivity contribution in [3.8, 4) is 5.75 Å². The van der Waals surface area contributed by atoms with Crippen LogP contribution in [-0.2, 0) is 14.8 Å². The fourth-order valence-electron chi connectivity index (χ4n) is 2.54. The van der Waals surface area contributed by atoms with Crippen LogP contribution in [0.5, 0.6) is 5.75 Å². The van der Waals surface area contributed by atoms with Crippen molar-refractivity contribution < 1.29 is 22.3 Å². The van der Waals surface area contributed by atoms with Crippen molar-refractivity contribution in [2.24, 2.45) is 0 Å². The number of benzene rings is 2. The van der Waals surface area contributed by atoms with Gasteiger partial charge in [0.2, 0.25) is 15.9 Å². The summed E-state index contributed by atoms with van der Waals surface area (Å²) in [7, 11) is -3.75. The average molecular weight is 364 g/mol. The fourth-order valence-corrected chi connectivity index (χ4v) is 3.59. The van der Waals surface area contributed by atoms with E-state index in [1.807, 2.05) is 0 Å². The maximum atomic E-state index is 13.4. The standard InChI is InChI=1S/C17H17FN2O4S/c1-11-13-10-12(6-7-15(13)20-17(11)21)25(22,23)19-8-9-24-16-5-3-2-4-14(16)18/h2-7,10-11,19H,8-9H2,1H3,(H,20,21)/t11-/m0/s1. The quantitative estimate of drug-likeness (QED) is 0.770. The smallest absolute Gasteiger partial charge is 0.240 e. The molecule has 0 aromatic heterocycles. The van der Waals surface area contributed by atoms with Crippen molar-refractivity contribution in [1.82, 2.24) is 4.72 Å². The molecule has 2 aromatic rings. The van der Waals surface area contributed by atoms with Gasteiger partial charge in [0.15, 0.2) is 11.6 Å². The lowest BCUT2D eigenvalue weighted by Gasteiger charge is -2.10. The van der Waals surface area contributed by atoms with Crippen molar-refractivity contribution in [3.05, 3.63) is 53.8 Å². The molecule has 1 amide bonds. The Hall–Kier alpha value is -2.45. The molecule has 8 heteroatoms. The Labute approximate surface area is 145 Å². The normalized spacial score (nSPS) is 16.4. The van der Waals surface area contributed by atoms with Gasteiger partial charge in [0.05, 0.1) is 10.8 Å². The summed E-state index contributed by atoms with van der Waals surface area (Å²) in [5.74, 6) is -0.988. The van der Waals surface area contributed by atoms with Crippen LogP contribution in [0.1, 0.15) is 18.4 Å². The SMILES string of the molecule is C[C@@H]1C(=O)Nc2ccc(S(=O)(=O)NCCOc3ccccc3F)cc21. The van der Waals surface area contributed by atoms with Crippen LogP contribution in [0.25, 0.3) is 0 Å². The van der Waals surface area contributed by atoms with Gasteiger partial charge in [0.25, 0.3) is 0 Å². The van der Waals surface area contributed by atoms with Gasteiger partial charge in [-0.3, -0.25) is 4.79 Å². The van der Waals surface area contributed by atoms with Crippen molar-refractivity contribution in [2.75, 3.05) is 18.5 Å². The van der Waals surface area contributed by atoms with Crippen LogP contribution in [0.3, 0.4) is 0 Å². The summed E-state index contributed by atoms with van der Waals surface area (Å²) < 4.78 is 45.7. The molecular formula is C17H17FN2O4S. The largest absolute Gasteiger partial charge is 0.489 e. The molecule has 0 unspecified atom stereocenters. The lowest BCUT2D eigenvalue weighted by Crippen LogP contribution is -2.28. The number of carbonyl (C=O) groups excluding carboxylic acids is 1. The molecular weight excluding hydrogens is 347 g/mol. The Kier molecular flexibility index (Phi) is 4.73. The number of fused-ring (bicyclic) bond motifs is 1. The minimum atomic E-state index is -3.75. The van der Waals surface area contributed by atoms with Gasteiger partial charge in [0.1, 0.15) is 6.61 Å². The first-order valence-corrected chi connectivity index (χ1v) is 9.18. The molecule has 1 atom stereocenters. The summed E-state index contributed by atoms with van der Waals surface area (Å²) in [6, 6.07) is 10.4. The molecule has 25 heavy (non-hydrogen) atoms. The molecule has 1 aliphatic rings. The zero-order valence-electron chi connectivity index (χ0n) is 13.5. The number of carbonyl (C=O) groups is 1. The maximum absolute atomic E-state index is 13.4. The molecule has 132 valence electrons. The molecule has 0 bridgehead atoms. The number of amides is 1. The molecule has 3 rings (SSSR count). The lowest BCUT2D eigenvalue weighted by atomic mass is 10.0. The van der Waals surface area contributed by atoms with Crippen LogP contribution in [-0.4, -0.2) is 27.5 Å². The molecule has 0 radical (unpaired) electrons. The number of hydrogen-bond donors (Lipinski definition) is 2. The van der Waals surface area contributed by atoms with Crippen molar-refractivity contribution in [3.63, 3.8) is 0 Å². The van der Waals surface area contributed by atoms with E-state index in [0.717, 1.165) is 0 Å². The van der Waals surface area contributed by atoms with Gasteiger partial charge in [-0.25, -0.2) is 17.5 Å². The molecule has 0 spiro atoms. The summed E-state index contributed by atoms with van der Waals surface area (Å²) in [5, 5.41) is 2.69. The molecule has 0 fully saturated rings. The van der Waals surface area contributed by atoms with E-state index in [9.17, 15) is 17.6 Å². The van der Waals surface area contributed by atoms with E-state index in [0.29, 0.717) is 11.3 Å². The average Bonchev–Trinajstić information content (AvgIpc) is 2.87. The predicted molar refractivity (Wildman–Crippen MR) is 90.6 cm³/mol. The molecule has 6 nitrogen and oxygen atoms in total. The first-order chi connectivity index (χ1) is 11.9. The van der Waals surface area contributed by atoms with E-state index in [-0.39, 0.29) is 29.7 Å². The number of ether oxygens (including phenoxy) is 1. The second-order valence-electron chi connectivity index (χ2n) is 5.64. The Balaban J connectivity index is 1.63. The van der Waals surface area contributed by atoms with Gasteiger partial charge < -0.3 is 10.1 Å². The zero-order valence-corrected chi connectivity index (χ0v) is 14.3. The summed E-state index contributed by atoms with van der Waals surface area (Å²) in [4.78, 5) is 11.7. The highest BCUT2D eigenvalue weighted by Gasteiger charge is 2.28. The number of halogens is 1. The Morgan fingerprint density at radius 1 is 1.24 bits per heavy atom. The van der Waals surface area contributed by atoms with Crippen LogP contribution < -0.4 is 14.8 Å². The first kappa shape index (κ1) is 17.4. The zero-order chi connectivity index (χ0) is 18.0. The van der Waals surface area contributed by atoms with Gasteiger partial charge in [-0.1, -0.05) is 12.1 Å². The minimum absolute atomic E-state index is 0.0124. The third kappa shape index (κ3) is 3.64. The number of hydrogen-bond acceptors (Lipinski definition) is 4. The summed E-state index contributed by atoms with van der Waals surface area (Å²) in [6.07, 6.45) is 0. The summed E-state index contributed by atoms with van der Waals surface area (Å²) in [6.45, 7) is 1.69. The van der Waals surface area contributed by atoms with Crippen molar-refractivity contribution >= 4 is 21.6 Å². The minimum Gasteiger partial charge on any atom is -0.489 e. The van der Waals surface area contributed by atoms with Crippen LogP contribution in [0.15, 0.2) is 47.4 Å². The predicted octanol–water partition coefficient (Wildman–Crippen LogP) is 2.24. The fraction of sp³-hybridized carbons (Fsp3) is 0.235. The molecule has 1 heterocycles. The molecule has 1 aliphatic heterocycles. The third-order valence-electron chi connectivity index (χ3n) is 3.94. The highest BCUT2D eigenvalue weighted by atomic mass is 32.2. The number of rotatable bonds is 6. The third-order valence-corrected chi connectivity index (χ3v) is 5.40. The first-order valence-electron chi connectivity index (χ1n) is 7.70. The second-order valence-corrected chi connectivity index (χ2v) is 7.40. The van der Waals surface area contributed by atoms with Crippen molar-refractivity contribution in [1.29, 1.82) is 0 Å². The molecule has 2 aromatic carbocycles. The topological polar surface area (TPSA) is 84.5 Å². The van der Waals surface area contributed by atoms with E-state index >= 15 is 0 Å². The van der Waals surface area contributed by atoms with E-state index in [2.05, 4.69) is 10.0 Å². The van der Waals surface area contributed by atoms with Gasteiger partial charge >= 0.3 is 0 Å². The molecule has 2 N–H and O–H groups in total. The molecule has 0 saturated heterocycles. The molecule has 0 saturated carbocycles. The monoisotopic (exact) mass is 364 g/mol. The maximum Gasteiger partial charge on any atom is 0.240 e. The van der Waals surface area contributed by atoms with E-state index < -0.39 is 21.8 Å². The number of anilines is 1. The Bertz CT molecular complexity index is 915. The van der Waals surface area contributed by atoms with Crippen LogP contribution >= 0.6 is 0 Å². The van der Waals surface area contributed by atoms with Gasteiger partial charge in [-0.05, 0) is 42.8 Å². The Morgan fingerprint density at radius 2 is 2.00 bits per heavy atom. The second kappa shape index (κ2) is 6.81. The summed E-state index contributed by atoms with van der Waals surface area (Å²) in [5.41, 5.74) is 1.27. The van der Waals surface area contributed by atoms with Gasteiger partial charge in [0, 0.05) is 12.2 Å². The number of para-hydroxylation sites is 1. The number of sulfonamides is 1. The van der Waals surface area contributed by atoms with Crippen LogP contribution in [0, 0.1) is 5.82 Å². The van der Waals surface area contributed by atoms with Crippen LogP contribution in [0.4, 0.5) is 10.1 Å². The van der Waals surface area contributed by atoms with E-state index in [4.69, 9.17) is 4.74 Å². The van der Waals surface area contributed by atoms with Crippen molar-refractivity contribution in [2.45, 2.75) is 17.7 Å². The lowest BCUT2D eigenvalue weighted by molar-refractivity contribution is -0.116. The van der Waals surface area contributed by atoms with Gasteiger partial charge in [-0.2, -0.15) is 0 Å².